The first-order chi connectivity index (χ1) is 9.27. The van der Waals surface area contributed by atoms with Crippen LogP contribution in [-0.4, -0.2) is 5.11 Å². The number of fused-ring (bicyclic) bond motifs is 1. The molecule has 3 rings (SSSR count). The zero-order chi connectivity index (χ0) is 14.5. The summed E-state index contributed by atoms with van der Waals surface area (Å²) in [6, 6.07) is 8.18. The molecule has 1 saturated carbocycles. The topological polar surface area (TPSA) is 33.4 Å². The van der Waals surface area contributed by atoms with Gasteiger partial charge in [0.15, 0.2) is 0 Å². The number of rotatable bonds is 1. The van der Waals surface area contributed by atoms with Gasteiger partial charge in [-0.2, -0.15) is 0 Å². The molecule has 1 aliphatic carbocycles. The molecule has 1 heterocycles. The maximum Gasteiger partial charge on any atom is 0.136 e. The third kappa shape index (κ3) is 2.37. The summed E-state index contributed by atoms with van der Waals surface area (Å²) >= 11 is 0. The van der Waals surface area contributed by atoms with E-state index in [4.69, 9.17) is 4.42 Å². The number of aryl methyl sites for hydroxylation is 1. The average Bonchev–Trinajstić information content (AvgIpc) is 2.68. The summed E-state index contributed by atoms with van der Waals surface area (Å²) in [5.74, 6) is 1.25. The highest BCUT2D eigenvalue weighted by Crippen LogP contribution is 2.49. The van der Waals surface area contributed by atoms with Crippen molar-refractivity contribution in [3.8, 4) is 0 Å². The lowest BCUT2D eigenvalue weighted by Crippen LogP contribution is -2.39. The molecule has 2 aromatic rings. The van der Waals surface area contributed by atoms with Gasteiger partial charge in [0, 0.05) is 5.39 Å². The molecule has 2 nitrogen and oxygen atoms in total. The molecule has 1 aliphatic rings. The third-order valence-corrected chi connectivity index (χ3v) is 4.49. The molecule has 0 saturated heterocycles. The van der Waals surface area contributed by atoms with Crippen molar-refractivity contribution in [1.29, 1.82) is 0 Å². The van der Waals surface area contributed by atoms with Crippen LogP contribution >= 0.6 is 0 Å². The molecule has 2 atom stereocenters. The van der Waals surface area contributed by atoms with Crippen molar-refractivity contribution < 1.29 is 9.52 Å². The van der Waals surface area contributed by atoms with Crippen LogP contribution in [0.1, 0.15) is 51.4 Å². The first-order valence-corrected chi connectivity index (χ1v) is 7.51. The molecule has 0 spiro atoms. The van der Waals surface area contributed by atoms with Gasteiger partial charge in [0.25, 0.3) is 0 Å². The Labute approximate surface area is 120 Å². The summed E-state index contributed by atoms with van der Waals surface area (Å²) in [6.45, 7) is 8.77. The lowest BCUT2D eigenvalue weighted by molar-refractivity contribution is -0.0767. The molecule has 2 heteroatoms. The standard InChI is InChI=1S/C18H24O2/c1-12-5-6-15-14(7-12)8-16(20-15)18(19)10-13(2)9-17(3,4)11-18/h5-8,13,19H,9-11H2,1-4H3. The molecular formula is C18H24O2. The molecule has 1 N–H and O–H groups in total. The molecule has 0 bridgehead atoms. The number of furan rings is 1. The first-order valence-electron chi connectivity index (χ1n) is 7.51. The quantitative estimate of drug-likeness (QED) is 0.810. The van der Waals surface area contributed by atoms with Crippen LogP contribution in [0.3, 0.4) is 0 Å². The van der Waals surface area contributed by atoms with Crippen LogP contribution in [0, 0.1) is 18.3 Å². The van der Waals surface area contributed by atoms with Crippen molar-refractivity contribution in [2.45, 2.75) is 52.6 Å². The van der Waals surface area contributed by atoms with E-state index in [2.05, 4.69) is 33.8 Å². The molecule has 20 heavy (non-hydrogen) atoms. The van der Waals surface area contributed by atoms with Crippen molar-refractivity contribution in [2.24, 2.45) is 11.3 Å². The first kappa shape index (κ1) is 13.7. The summed E-state index contributed by atoms with van der Waals surface area (Å²) < 4.78 is 5.96. The van der Waals surface area contributed by atoms with Crippen LogP contribution in [0.25, 0.3) is 11.0 Å². The summed E-state index contributed by atoms with van der Waals surface area (Å²) in [6.07, 6.45) is 2.72. The SMILES string of the molecule is Cc1ccc2oc(C3(O)CC(C)CC(C)(C)C3)cc2c1. The van der Waals surface area contributed by atoms with Gasteiger partial charge in [0.1, 0.15) is 16.9 Å². The van der Waals surface area contributed by atoms with E-state index in [-0.39, 0.29) is 5.41 Å². The van der Waals surface area contributed by atoms with Crippen LogP contribution in [0.15, 0.2) is 28.7 Å². The predicted molar refractivity (Wildman–Crippen MR) is 81.6 cm³/mol. The van der Waals surface area contributed by atoms with Crippen molar-refractivity contribution >= 4 is 11.0 Å². The second kappa shape index (κ2) is 4.36. The van der Waals surface area contributed by atoms with Gasteiger partial charge in [-0.05, 0) is 55.7 Å². The smallest absolute Gasteiger partial charge is 0.136 e. The van der Waals surface area contributed by atoms with E-state index in [0.29, 0.717) is 5.92 Å². The van der Waals surface area contributed by atoms with Gasteiger partial charge in [-0.15, -0.1) is 0 Å². The molecule has 1 aromatic carbocycles. The normalized spacial score (nSPS) is 29.8. The number of hydrogen-bond acceptors (Lipinski definition) is 2. The molecule has 1 fully saturated rings. The Hall–Kier alpha value is -1.28. The van der Waals surface area contributed by atoms with Crippen molar-refractivity contribution in [3.63, 3.8) is 0 Å². The monoisotopic (exact) mass is 272 g/mol. The Balaban J connectivity index is 2.04. The van der Waals surface area contributed by atoms with E-state index >= 15 is 0 Å². The zero-order valence-electron chi connectivity index (χ0n) is 12.9. The second-order valence-electron chi connectivity index (χ2n) is 7.54. The number of benzene rings is 1. The molecule has 0 amide bonds. The molecule has 0 radical (unpaired) electrons. The van der Waals surface area contributed by atoms with E-state index in [9.17, 15) is 5.11 Å². The molecular weight excluding hydrogens is 248 g/mol. The van der Waals surface area contributed by atoms with Gasteiger partial charge in [-0.3, -0.25) is 0 Å². The van der Waals surface area contributed by atoms with Crippen LogP contribution in [-0.2, 0) is 5.60 Å². The third-order valence-electron chi connectivity index (χ3n) is 4.49. The van der Waals surface area contributed by atoms with Gasteiger partial charge in [0.2, 0.25) is 0 Å². The highest BCUT2D eigenvalue weighted by Gasteiger charge is 2.44. The molecule has 1 aromatic heterocycles. The number of hydrogen-bond donors (Lipinski definition) is 1. The minimum absolute atomic E-state index is 0.154. The van der Waals surface area contributed by atoms with Crippen molar-refractivity contribution in [3.05, 3.63) is 35.6 Å². The lowest BCUT2D eigenvalue weighted by atomic mass is 9.65. The fourth-order valence-corrected chi connectivity index (χ4v) is 4.11. The van der Waals surface area contributed by atoms with Crippen LogP contribution in [0.5, 0.6) is 0 Å². The Morgan fingerprint density at radius 3 is 2.65 bits per heavy atom. The van der Waals surface area contributed by atoms with Crippen molar-refractivity contribution in [1.82, 2.24) is 0 Å². The Kier molecular flexibility index (Phi) is 2.98. The van der Waals surface area contributed by atoms with Gasteiger partial charge in [0.05, 0.1) is 0 Å². The summed E-state index contributed by atoms with van der Waals surface area (Å²) in [4.78, 5) is 0. The predicted octanol–water partition coefficient (Wildman–Crippen LogP) is 4.78. The van der Waals surface area contributed by atoms with E-state index in [0.717, 1.165) is 36.0 Å². The van der Waals surface area contributed by atoms with Gasteiger partial charge >= 0.3 is 0 Å². The van der Waals surface area contributed by atoms with Gasteiger partial charge < -0.3 is 9.52 Å². The fraction of sp³-hybridized carbons (Fsp3) is 0.556. The molecule has 108 valence electrons. The van der Waals surface area contributed by atoms with Crippen molar-refractivity contribution in [2.75, 3.05) is 0 Å². The Bertz CT molecular complexity index is 638. The van der Waals surface area contributed by atoms with Crippen LogP contribution in [0.4, 0.5) is 0 Å². The summed E-state index contributed by atoms with van der Waals surface area (Å²) in [5, 5.41) is 12.2. The Morgan fingerprint density at radius 1 is 1.20 bits per heavy atom. The fourth-order valence-electron chi connectivity index (χ4n) is 4.11. The van der Waals surface area contributed by atoms with E-state index in [1.165, 1.54) is 5.56 Å². The van der Waals surface area contributed by atoms with Gasteiger partial charge in [-0.25, -0.2) is 0 Å². The average molecular weight is 272 g/mol. The maximum absolute atomic E-state index is 11.1. The van der Waals surface area contributed by atoms with Crippen LogP contribution in [0.2, 0.25) is 0 Å². The molecule has 0 aliphatic heterocycles. The highest BCUT2D eigenvalue weighted by atomic mass is 16.4. The van der Waals surface area contributed by atoms with Crippen LogP contribution < -0.4 is 0 Å². The highest BCUT2D eigenvalue weighted by molar-refractivity contribution is 5.78. The minimum Gasteiger partial charge on any atom is -0.458 e. The molecule has 2 unspecified atom stereocenters. The number of aliphatic hydroxyl groups is 1. The largest absolute Gasteiger partial charge is 0.458 e. The van der Waals surface area contributed by atoms with E-state index in [1.807, 2.05) is 18.2 Å². The lowest BCUT2D eigenvalue weighted by Gasteiger charge is -2.43. The Morgan fingerprint density at radius 2 is 1.95 bits per heavy atom. The van der Waals surface area contributed by atoms with Gasteiger partial charge in [-0.1, -0.05) is 32.4 Å². The zero-order valence-corrected chi connectivity index (χ0v) is 12.9. The van der Waals surface area contributed by atoms with E-state index < -0.39 is 5.60 Å². The summed E-state index contributed by atoms with van der Waals surface area (Å²) in [5.41, 5.74) is 1.42. The maximum atomic E-state index is 11.1. The summed E-state index contributed by atoms with van der Waals surface area (Å²) in [7, 11) is 0. The minimum atomic E-state index is -0.825. The van der Waals surface area contributed by atoms with E-state index in [1.54, 1.807) is 0 Å². The second-order valence-corrected chi connectivity index (χ2v) is 7.54.